The zero-order valence-corrected chi connectivity index (χ0v) is 14.3. The van der Waals surface area contributed by atoms with E-state index in [-0.39, 0.29) is 0 Å². The Labute approximate surface area is 131 Å². The van der Waals surface area contributed by atoms with Gasteiger partial charge in [-0.2, -0.15) is 0 Å². The van der Waals surface area contributed by atoms with Gasteiger partial charge in [0.1, 0.15) is 0 Å². The third-order valence-electron chi connectivity index (χ3n) is 3.66. The molecule has 0 radical (unpaired) electrons. The molecule has 2 rings (SSSR count). The molecule has 1 fully saturated rings. The lowest BCUT2D eigenvalue weighted by molar-refractivity contribution is 0.0495. The van der Waals surface area contributed by atoms with Crippen LogP contribution < -0.4 is 5.32 Å². The molecule has 1 aromatic rings. The van der Waals surface area contributed by atoms with Gasteiger partial charge in [-0.15, -0.1) is 11.3 Å². The van der Waals surface area contributed by atoms with Gasteiger partial charge in [0.05, 0.1) is 11.5 Å². The fourth-order valence-electron chi connectivity index (χ4n) is 2.43. The number of nitrogens with one attached hydrogen (secondary N) is 1. The molecule has 1 aromatic heterocycles. The Bertz CT molecular complexity index is 536. The highest BCUT2D eigenvalue weighted by Gasteiger charge is 2.26. The number of nitrogens with zero attached hydrogens (tertiary/aromatic N) is 1. The van der Waals surface area contributed by atoms with Crippen LogP contribution in [0.1, 0.15) is 24.6 Å². The van der Waals surface area contributed by atoms with E-state index in [9.17, 15) is 8.42 Å². The second kappa shape index (κ2) is 7.69. The van der Waals surface area contributed by atoms with Gasteiger partial charge in [-0.3, -0.25) is 0 Å². The SMILES string of the molecule is CCNCc1cc(S(=O)(=O)N(C)CC2CCCOC2)cs1. The van der Waals surface area contributed by atoms with Crippen LogP contribution in [0.5, 0.6) is 0 Å². The summed E-state index contributed by atoms with van der Waals surface area (Å²) in [6.07, 6.45) is 2.05. The van der Waals surface area contributed by atoms with Gasteiger partial charge in [-0.1, -0.05) is 6.92 Å². The van der Waals surface area contributed by atoms with Crippen LogP contribution in [0.25, 0.3) is 0 Å². The number of sulfonamides is 1. The van der Waals surface area contributed by atoms with Crippen molar-refractivity contribution in [3.05, 3.63) is 16.3 Å². The summed E-state index contributed by atoms with van der Waals surface area (Å²) in [7, 11) is -1.72. The van der Waals surface area contributed by atoms with Gasteiger partial charge in [0, 0.05) is 37.0 Å². The molecular weight excluding hydrogens is 308 g/mol. The highest BCUT2D eigenvalue weighted by Crippen LogP contribution is 2.24. The molecule has 1 N–H and O–H groups in total. The van der Waals surface area contributed by atoms with Crippen molar-refractivity contribution in [3.8, 4) is 0 Å². The van der Waals surface area contributed by atoms with E-state index in [0.717, 1.165) is 37.4 Å². The largest absolute Gasteiger partial charge is 0.381 e. The molecule has 1 aliphatic rings. The maximum atomic E-state index is 12.6. The molecule has 1 atom stereocenters. The minimum absolute atomic E-state index is 0.304. The van der Waals surface area contributed by atoms with Gasteiger partial charge in [0.15, 0.2) is 0 Å². The molecule has 0 saturated carbocycles. The fourth-order valence-corrected chi connectivity index (χ4v) is 4.91. The van der Waals surface area contributed by atoms with E-state index >= 15 is 0 Å². The summed E-state index contributed by atoms with van der Waals surface area (Å²) >= 11 is 1.49. The summed E-state index contributed by atoms with van der Waals surface area (Å²) in [5.41, 5.74) is 0. The summed E-state index contributed by atoms with van der Waals surface area (Å²) in [5.74, 6) is 0.304. The van der Waals surface area contributed by atoms with Crippen molar-refractivity contribution in [2.24, 2.45) is 5.92 Å². The third-order valence-corrected chi connectivity index (χ3v) is 6.54. The topological polar surface area (TPSA) is 58.6 Å². The minimum atomic E-state index is -3.38. The van der Waals surface area contributed by atoms with Gasteiger partial charge in [0.2, 0.25) is 10.0 Å². The predicted molar refractivity (Wildman–Crippen MR) is 85.1 cm³/mol. The predicted octanol–water partition coefficient (Wildman–Crippen LogP) is 1.90. The zero-order valence-electron chi connectivity index (χ0n) is 12.7. The highest BCUT2D eigenvalue weighted by molar-refractivity contribution is 7.89. The zero-order chi connectivity index (χ0) is 15.3. The summed E-state index contributed by atoms with van der Waals surface area (Å²) in [6, 6.07) is 1.77. The van der Waals surface area contributed by atoms with E-state index in [0.29, 0.717) is 24.0 Å². The second-order valence-corrected chi connectivity index (χ2v) is 8.44. The summed E-state index contributed by atoms with van der Waals surface area (Å²) < 4.78 is 32.0. The Kier molecular flexibility index (Phi) is 6.19. The Morgan fingerprint density at radius 1 is 1.52 bits per heavy atom. The van der Waals surface area contributed by atoms with E-state index in [1.54, 1.807) is 18.5 Å². The lowest BCUT2D eigenvalue weighted by Crippen LogP contribution is -2.35. The first-order chi connectivity index (χ1) is 10.0. The maximum Gasteiger partial charge on any atom is 0.243 e. The summed E-state index contributed by atoms with van der Waals surface area (Å²) in [6.45, 7) is 5.62. The molecule has 0 bridgehead atoms. The molecule has 2 heterocycles. The van der Waals surface area contributed by atoms with Gasteiger partial charge >= 0.3 is 0 Å². The quantitative estimate of drug-likeness (QED) is 0.828. The summed E-state index contributed by atoms with van der Waals surface area (Å²) in [4.78, 5) is 1.45. The fraction of sp³-hybridized carbons (Fsp3) is 0.714. The number of ether oxygens (including phenoxy) is 1. The first-order valence-electron chi connectivity index (χ1n) is 7.36. The van der Waals surface area contributed by atoms with Gasteiger partial charge in [-0.25, -0.2) is 12.7 Å². The van der Waals surface area contributed by atoms with Crippen LogP contribution in [-0.2, 0) is 21.3 Å². The van der Waals surface area contributed by atoms with Crippen molar-refractivity contribution in [3.63, 3.8) is 0 Å². The van der Waals surface area contributed by atoms with Crippen LogP contribution in [0, 0.1) is 5.92 Å². The van der Waals surface area contributed by atoms with Crippen LogP contribution in [0.2, 0.25) is 0 Å². The van der Waals surface area contributed by atoms with E-state index in [1.165, 1.54) is 15.6 Å². The molecule has 120 valence electrons. The van der Waals surface area contributed by atoms with Crippen LogP contribution in [0.4, 0.5) is 0 Å². The lowest BCUT2D eigenvalue weighted by Gasteiger charge is -2.26. The van der Waals surface area contributed by atoms with Crippen LogP contribution in [-0.4, -0.2) is 46.1 Å². The Hall–Kier alpha value is -0.470. The number of thiophene rings is 1. The first kappa shape index (κ1) is 16.9. The monoisotopic (exact) mass is 332 g/mol. The van der Waals surface area contributed by atoms with E-state index in [2.05, 4.69) is 5.32 Å². The van der Waals surface area contributed by atoms with Crippen molar-refractivity contribution < 1.29 is 13.2 Å². The molecule has 0 aliphatic carbocycles. The van der Waals surface area contributed by atoms with Crippen molar-refractivity contribution in [2.45, 2.75) is 31.2 Å². The molecule has 0 amide bonds. The number of rotatable bonds is 7. The average molecular weight is 332 g/mol. The molecule has 21 heavy (non-hydrogen) atoms. The second-order valence-electron chi connectivity index (χ2n) is 5.40. The number of hydrogen-bond donors (Lipinski definition) is 1. The van der Waals surface area contributed by atoms with Crippen LogP contribution >= 0.6 is 11.3 Å². The van der Waals surface area contributed by atoms with E-state index < -0.39 is 10.0 Å². The maximum absolute atomic E-state index is 12.6. The normalized spacial score (nSPS) is 20.0. The van der Waals surface area contributed by atoms with E-state index in [1.807, 2.05) is 6.92 Å². The Balaban J connectivity index is 2.00. The molecule has 1 unspecified atom stereocenters. The van der Waals surface area contributed by atoms with Crippen molar-refractivity contribution >= 4 is 21.4 Å². The lowest BCUT2D eigenvalue weighted by atomic mass is 10.0. The minimum Gasteiger partial charge on any atom is -0.381 e. The standard InChI is InChI=1S/C14H24N2O3S2/c1-3-15-8-13-7-14(11-20-13)21(17,18)16(2)9-12-5-4-6-19-10-12/h7,11-12,15H,3-6,8-10H2,1-2H3. The third kappa shape index (κ3) is 4.50. The molecule has 0 spiro atoms. The van der Waals surface area contributed by atoms with Crippen LogP contribution in [0.3, 0.4) is 0 Å². The molecule has 1 aliphatic heterocycles. The average Bonchev–Trinajstić information content (AvgIpc) is 2.95. The number of hydrogen-bond acceptors (Lipinski definition) is 5. The molecular formula is C14H24N2O3S2. The molecule has 1 saturated heterocycles. The molecule has 7 heteroatoms. The Morgan fingerprint density at radius 2 is 2.33 bits per heavy atom. The van der Waals surface area contributed by atoms with Crippen LogP contribution in [0.15, 0.2) is 16.3 Å². The Morgan fingerprint density at radius 3 is 3.00 bits per heavy atom. The van der Waals surface area contributed by atoms with Gasteiger partial charge < -0.3 is 10.1 Å². The van der Waals surface area contributed by atoms with Crippen molar-refractivity contribution in [1.29, 1.82) is 0 Å². The van der Waals surface area contributed by atoms with Crippen molar-refractivity contribution in [1.82, 2.24) is 9.62 Å². The molecule has 5 nitrogen and oxygen atoms in total. The smallest absolute Gasteiger partial charge is 0.243 e. The van der Waals surface area contributed by atoms with Crippen molar-refractivity contribution in [2.75, 3.05) is 33.4 Å². The molecule has 0 aromatic carbocycles. The summed E-state index contributed by atoms with van der Waals surface area (Å²) in [5, 5.41) is 4.94. The van der Waals surface area contributed by atoms with Gasteiger partial charge in [0.25, 0.3) is 0 Å². The first-order valence-corrected chi connectivity index (χ1v) is 9.68. The van der Waals surface area contributed by atoms with Gasteiger partial charge in [-0.05, 0) is 31.4 Å². The highest BCUT2D eigenvalue weighted by atomic mass is 32.2. The van der Waals surface area contributed by atoms with E-state index in [4.69, 9.17) is 4.74 Å².